The highest BCUT2D eigenvalue weighted by molar-refractivity contribution is 6.03. The third-order valence-corrected chi connectivity index (χ3v) is 4.90. The molecule has 1 N–H and O–H groups in total. The number of hydrogen-bond acceptors (Lipinski definition) is 4. The maximum Gasteiger partial charge on any atom is 0.274 e. The van der Waals surface area contributed by atoms with Crippen LogP contribution in [0.25, 0.3) is 0 Å². The van der Waals surface area contributed by atoms with E-state index in [0.29, 0.717) is 24.7 Å². The van der Waals surface area contributed by atoms with E-state index >= 15 is 0 Å². The average Bonchev–Trinajstić information content (AvgIpc) is 2.68. The quantitative estimate of drug-likeness (QED) is 0.903. The summed E-state index contributed by atoms with van der Waals surface area (Å²) in [4.78, 5) is 32.3. The second-order valence-electron chi connectivity index (χ2n) is 7.12. The van der Waals surface area contributed by atoms with Gasteiger partial charge >= 0.3 is 0 Å². The molecule has 1 aromatic carbocycles. The molecule has 2 aromatic rings. The molecule has 0 radical (unpaired) electrons. The van der Waals surface area contributed by atoms with Crippen molar-refractivity contribution in [1.29, 1.82) is 0 Å². The van der Waals surface area contributed by atoms with Gasteiger partial charge in [0.05, 0.1) is 0 Å². The fourth-order valence-electron chi connectivity index (χ4n) is 3.17. The number of rotatable bonds is 4. The van der Waals surface area contributed by atoms with E-state index in [1.165, 1.54) is 5.56 Å². The number of anilines is 2. The summed E-state index contributed by atoms with van der Waals surface area (Å²) >= 11 is 0. The first-order valence-electron chi connectivity index (χ1n) is 9.32. The van der Waals surface area contributed by atoms with Gasteiger partial charge in [0.1, 0.15) is 5.69 Å². The van der Waals surface area contributed by atoms with Crippen LogP contribution in [0.4, 0.5) is 11.4 Å². The number of pyridine rings is 1. The SMILES string of the molecule is CC(=O)N1CCN(c2ccnc(C(=O)Nc3ccc(C(C)C)cc3)c2)CC1. The van der Waals surface area contributed by atoms with Crippen molar-refractivity contribution in [3.63, 3.8) is 0 Å². The van der Waals surface area contributed by atoms with Gasteiger partial charge in [0.2, 0.25) is 5.91 Å². The summed E-state index contributed by atoms with van der Waals surface area (Å²) in [6.45, 7) is 8.77. The molecule has 1 aliphatic heterocycles. The highest BCUT2D eigenvalue weighted by Crippen LogP contribution is 2.20. The first kappa shape index (κ1) is 18.9. The highest BCUT2D eigenvalue weighted by atomic mass is 16.2. The van der Waals surface area contributed by atoms with Crippen molar-refractivity contribution in [2.24, 2.45) is 0 Å². The van der Waals surface area contributed by atoms with E-state index in [1.807, 2.05) is 35.2 Å². The summed E-state index contributed by atoms with van der Waals surface area (Å²) < 4.78 is 0. The lowest BCUT2D eigenvalue weighted by Crippen LogP contribution is -2.48. The zero-order valence-corrected chi connectivity index (χ0v) is 16.1. The number of carbonyl (C=O) groups is 2. The lowest BCUT2D eigenvalue weighted by molar-refractivity contribution is -0.129. The maximum absolute atomic E-state index is 12.6. The topological polar surface area (TPSA) is 65.5 Å². The van der Waals surface area contributed by atoms with Crippen LogP contribution < -0.4 is 10.2 Å². The van der Waals surface area contributed by atoms with Gasteiger partial charge in [-0.25, -0.2) is 0 Å². The van der Waals surface area contributed by atoms with Gasteiger partial charge in [-0.05, 0) is 35.7 Å². The molecule has 2 amide bonds. The summed E-state index contributed by atoms with van der Waals surface area (Å²) in [5.41, 5.74) is 3.33. The summed E-state index contributed by atoms with van der Waals surface area (Å²) in [5, 5.41) is 2.90. The van der Waals surface area contributed by atoms with Crippen LogP contribution in [0.5, 0.6) is 0 Å². The number of carbonyl (C=O) groups excluding carboxylic acids is 2. The number of nitrogens with one attached hydrogen (secondary N) is 1. The molecule has 1 saturated heterocycles. The van der Waals surface area contributed by atoms with E-state index in [4.69, 9.17) is 0 Å². The van der Waals surface area contributed by atoms with Crippen LogP contribution in [-0.4, -0.2) is 47.9 Å². The van der Waals surface area contributed by atoms with Crippen molar-refractivity contribution in [3.8, 4) is 0 Å². The molecule has 2 heterocycles. The molecule has 1 aliphatic rings. The average molecular weight is 366 g/mol. The third kappa shape index (κ3) is 4.64. The van der Waals surface area contributed by atoms with Gasteiger partial charge in [0.15, 0.2) is 0 Å². The molecule has 6 heteroatoms. The van der Waals surface area contributed by atoms with Gasteiger partial charge < -0.3 is 15.1 Å². The van der Waals surface area contributed by atoms with Crippen LogP contribution >= 0.6 is 0 Å². The molecular weight excluding hydrogens is 340 g/mol. The smallest absolute Gasteiger partial charge is 0.274 e. The number of nitrogens with zero attached hydrogens (tertiary/aromatic N) is 3. The Balaban J connectivity index is 1.66. The van der Waals surface area contributed by atoms with Crippen LogP contribution in [-0.2, 0) is 4.79 Å². The van der Waals surface area contributed by atoms with Crippen molar-refractivity contribution in [3.05, 3.63) is 53.9 Å². The molecule has 6 nitrogen and oxygen atoms in total. The highest BCUT2D eigenvalue weighted by Gasteiger charge is 2.20. The molecule has 3 rings (SSSR count). The van der Waals surface area contributed by atoms with E-state index in [-0.39, 0.29) is 11.8 Å². The second kappa shape index (κ2) is 8.20. The Bertz CT molecular complexity index is 809. The molecule has 0 aliphatic carbocycles. The Morgan fingerprint density at radius 2 is 1.70 bits per heavy atom. The van der Waals surface area contributed by atoms with Gasteiger partial charge in [-0.1, -0.05) is 26.0 Å². The standard InChI is InChI=1S/C21H26N4O2/c1-15(2)17-4-6-18(7-5-17)23-21(27)20-14-19(8-9-22-20)25-12-10-24(11-13-25)16(3)26/h4-9,14-15H,10-13H2,1-3H3,(H,23,27). The van der Waals surface area contributed by atoms with Gasteiger partial charge in [-0.3, -0.25) is 14.6 Å². The Morgan fingerprint density at radius 1 is 1.04 bits per heavy atom. The predicted molar refractivity (Wildman–Crippen MR) is 107 cm³/mol. The summed E-state index contributed by atoms with van der Waals surface area (Å²) in [6, 6.07) is 11.6. The van der Waals surface area contributed by atoms with Gasteiger partial charge in [0.25, 0.3) is 5.91 Å². The van der Waals surface area contributed by atoms with Crippen molar-refractivity contribution in [1.82, 2.24) is 9.88 Å². The first-order chi connectivity index (χ1) is 12.9. The van der Waals surface area contributed by atoms with Gasteiger partial charge in [-0.2, -0.15) is 0 Å². The van der Waals surface area contributed by atoms with Crippen molar-refractivity contribution in [2.45, 2.75) is 26.7 Å². The minimum atomic E-state index is -0.225. The lowest BCUT2D eigenvalue weighted by atomic mass is 10.0. The number of hydrogen-bond donors (Lipinski definition) is 1. The molecule has 27 heavy (non-hydrogen) atoms. The molecule has 0 spiro atoms. The fraction of sp³-hybridized carbons (Fsp3) is 0.381. The summed E-state index contributed by atoms with van der Waals surface area (Å²) in [5.74, 6) is 0.334. The van der Waals surface area contributed by atoms with E-state index in [0.717, 1.165) is 24.5 Å². The number of amides is 2. The van der Waals surface area contributed by atoms with Crippen molar-refractivity contribution < 1.29 is 9.59 Å². The number of aromatic nitrogens is 1. The Kier molecular flexibility index (Phi) is 5.74. The van der Waals surface area contributed by atoms with Gasteiger partial charge in [-0.15, -0.1) is 0 Å². The first-order valence-corrected chi connectivity index (χ1v) is 9.32. The minimum absolute atomic E-state index is 0.105. The van der Waals surface area contributed by atoms with Crippen LogP contribution in [0.1, 0.15) is 42.7 Å². The van der Waals surface area contributed by atoms with Crippen LogP contribution in [0, 0.1) is 0 Å². The van der Waals surface area contributed by atoms with E-state index in [2.05, 4.69) is 29.0 Å². The molecule has 1 aromatic heterocycles. The van der Waals surface area contributed by atoms with Crippen LogP contribution in [0.3, 0.4) is 0 Å². The maximum atomic E-state index is 12.6. The zero-order valence-electron chi connectivity index (χ0n) is 16.1. The monoisotopic (exact) mass is 366 g/mol. The third-order valence-electron chi connectivity index (χ3n) is 4.90. The fourth-order valence-corrected chi connectivity index (χ4v) is 3.17. The van der Waals surface area contributed by atoms with Crippen LogP contribution in [0.2, 0.25) is 0 Å². The van der Waals surface area contributed by atoms with E-state index in [1.54, 1.807) is 19.2 Å². The molecule has 0 atom stereocenters. The summed E-state index contributed by atoms with van der Waals surface area (Å²) in [7, 11) is 0. The molecule has 0 unspecified atom stereocenters. The number of piperazine rings is 1. The summed E-state index contributed by atoms with van der Waals surface area (Å²) in [6.07, 6.45) is 1.66. The molecule has 1 fully saturated rings. The molecular formula is C21H26N4O2. The lowest BCUT2D eigenvalue weighted by Gasteiger charge is -2.35. The predicted octanol–water partition coefficient (Wildman–Crippen LogP) is 3.13. The Morgan fingerprint density at radius 3 is 2.30 bits per heavy atom. The normalized spacial score (nSPS) is 14.4. The largest absolute Gasteiger partial charge is 0.368 e. The van der Waals surface area contributed by atoms with Crippen LogP contribution in [0.15, 0.2) is 42.6 Å². The zero-order chi connectivity index (χ0) is 19.4. The van der Waals surface area contributed by atoms with Crippen molar-refractivity contribution >= 4 is 23.2 Å². The molecule has 142 valence electrons. The van der Waals surface area contributed by atoms with E-state index < -0.39 is 0 Å². The Hall–Kier alpha value is -2.89. The van der Waals surface area contributed by atoms with E-state index in [9.17, 15) is 9.59 Å². The minimum Gasteiger partial charge on any atom is -0.368 e. The molecule has 0 saturated carbocycles. The number of benzene rings is 1. The second-order valence-corrected chi connectivity index (χ2v) is 7.12. The Labute approximate surface area is 160 Å². The molecule has 0 bridgehead atoms. The van der Waals surface area contributed by atoms with Crippen molar-refractivity contribution in [2.75, 3.05) is 36.4 Å². The van der Waals surface area contributed by atoms with Gasteiger partial charge in [0, 0.05) is 50.7 Å².